The first-order valence-corrected chi connectivity index (χ1v) is 5.90. The fraction of sp³-hybridized carbons (Fsp3) is 0.333. The van der Waals surface area contributed by atoms with Crippen LogP contribution in [0.25, 0.3) is 0 Å². The zero-order valence-electron chi connectivity index (χ0n) is 10.2. The lowest BCUT2D eigenvalue weighted by Gasteiger charge is -2.10. The molecule has 0 fully saturated rings. The van der Waals surface area contributed by atoms with Crippen molar-refractivity contribution in [1.29, 1.82) is 0 Å². The Balaban J connectivity index is 2.00. The maximum absolute atomic E-state index is 6.13. The van der Waals surface area contributed by atoms with Crippen molar-refractivity contribution in [2.75, 3.05) is 7.11 Å². The van der Waals surface area contributed by atoms with E-state index in [1.54, 1.807) is 7.11 Å². The van der Waals surface area contributed by atoms with Gasteiger partial charge in [-0.2, -0.15) is 0 Å². The van der Waals surface area contributed by atoms with Crippen LogP contribution in [0.2, 0.25) is 5.02 Å². The summed E-state index contributed by atoms with van der Waals surface area (Å²) >= 11 is 6.13. The average molecular weight is 268 g/mol. The second-order valence-corrected chi connectivity index (χ2v) is 4.23. The number of benzene rings is 1. The Morgan fingerprint density at radius 2 is 2.17 bits per heavy atom. The van der Waals surface area contributed by atoms with Crippen LogP contribution in [-0.4, -0.2) is 17.4 Å². The van der Waals surface area contributed by atoms with Crippen LogP contribution in [0.15, 0.2) is 22.8 Å². The lowest BCUT2D eigenvalue weighted by molar-refractivity contribution is 0.300. The summed E-state index contributed by atoms with van der Waals surface area (Å²) in [5.74, 6) is 0.769. The summed E-state index contributed by atoms with van der Waals surface area (Å²) in [5.41, 5.74) is 2.51. The minimum Gasteiger partial charge on any atom is -0.496 e. The molecule has 0 aliphatic rings. The lowest BCUT2D eigenvalue weighted by atomic mass is 10.2. The standard InChI is InChI=1S/C12H14ClN3O2/c1-8-11(16-18-15-8)7-14-6-9-10(13)4-3-5-12(9)17-2/h3-5,14H,6-7H2,1-2H3. The van der Waals surface area contributed by atoms with Crippen molar-refractivity contribution in [2.24, 2.45) is 0 Å². The van der Waals surface area contributed by atoms with E-state index in [2.05, 4.69) is 20.3 Å². The number of ether oxygens (including phenoxy) is 1. The van der Waals surface area contributed by atoms with Gasteiger partial charge in [0.2, 0.25) is 0 Å². The molecule has 0 spiro atoms. The summed E-state index contributed by atoms with van der Waals surface area (Å²) in [6.45, 7) is 3.02. The van der Waals surface area contributed by atoms with E-state index in [-0.39, 0.29) is 0 Å². The molecule has 0 amide bonds. The molecule has 5 nitrogen and oxygen atoms in total. The number of nitrogens with zero attached hydrogens (tertiary/aromatic N) is 2. The van der Waals surface area contributed by atoms with Crippen LogP contribution in [0.3, 0.4) is 0 Å². The Labute approximate surface area is 110 Å². The fourth-order valence-corrected chi connectivity index (χ4v) is 1.85. The number of hydrogen-bond acceptors (Lipinski definition) is 5. The quantitative estimate of drug-likeness (QED) is 0.901. The summed E-state index contributed by atoms with van der Waals surface area (Å²) in [6, 6.07) is 5.58. The first-order chi connectivity index (χ1) is 8.72. The molecule has 6 heteroatoms. The molecule has 2 aromatic rings. The number of halogens is 1. The summed E-state index contributed by atoms with van der Waals surface area (Å²) in [5, 5.41) is 11.4. The molecule has 1 N–H and O–H groups in total. The van der Waals surface area contributed by atoms with E-state index in [0.29, 0.717) is 18.1 Å². The van der Waals surface area contributed by atoms with Crippen LogP contribution in [0.1, 0.15) is 17.0 Å². The van der Waals surface area contributed by atoms with Crippen molar-refractivity contribution in [2.45, 2.75) is 20.0 Å². The van der Waals surface area contributed by atoms with Gasteiger partial charge in [-0.05, 0) is 19.1 Å². The van der Waals surface area contributed by atoms with Crippen LogP contribution >= 0.6 is 11.6 Å². The molecule has 96 valence electrons. The van der Waals surface area contributed by atoms with E-state index in [1.807, 2.05) is 25.1 Å². The highest BCUT2D eigenvalue weighted by Gasteiger charge is 2.08. The van der Waals surface area contributed by atoms with Crippen LogP contribution < -0.4 is 10.1 Å². The van der Waals surface area contributed by atoms with E-state index in [4.69, 9.17) is 16.3 Å². The molecule has 0 aliphatic heterocycles. The highest BCUT2D eigenvalue weighted by Crippen LogP contribution is 2.25. The van der Waals surface area contributed by atoms with Gasteiger partial charge in [0.15, 0.2) is 0 Å². The number of rotatable bonds is 5. The van der Waals surface area contributed by atoms with E-state index < -0.39 is 0 Å². The van der Waals surface area contributed by atoms with Crippen molar-refractivity contribution >= 4 is 11.6 Å². The Hall–Kier alpha value is -1.59. The zero-order chi connectivity index (χ0) is 13.0. The van der Waals surface area contributed by atoms with Crippen molar-refractivity contribution in [1.82, 2.24) is 15.6 Å². The van der Waals surface area contributed by atoms with Gasteiger partial charge in [-0.3, -0.25) is 0 Å². The Morgan fingerprint density at radius 3 is 2.83 bits per heavy atom. The second-order valence-electron chi connectivity index (χ2n) is 3.82. The molecule has 0 bridgehead atoms. The highest BCUT2D eigenvalue weighted by molar-refractivity contribution is 6.31. The smallest absolute Gasteiger partial charge is 0.124 e. The number of aryl methyl sites for hydroxylation is 1. The van der Waals surface area contributed by atoms with Gasteiger partial charge in [-0.1, -0.05) is 28.0 Å². The highest BCUT2D eigenvalue weighted by atomic mass is 35.5. The molecule has 0 radical (unpaired) electrons. The second kappa shape index (κ2) is 5.84. The van der Waals surface area contributed by atoms with Gasteiger partial charge in [0, 0.05) is 23.7 Å². The van der Waals surface area contributed by atoms with Gasteiger partial charge in [0.05, 0.1) is 7.11 Å². The molecule has 2 rings (SSSR count). The third-order valence-corrected chi connectivity index (χ3v) is 2.99. The SMILES string of the molecule is COc1cccc(Cl)c1CNCc1nonc1C. The van der Waals surface area contributed by atoms with Crippen molar-refractivity contribution in [3.63, 3.8) is 0 Å². The monoisotopic (exact) mass is 267 g/mol. The van der Waals surface area contributed by atoms with Crippen LogP contribution in [-0.2, 0) is 13.1 Å². The minimum atomic E-state index is 0.573. The molecule has 18 heavy (non-hydrogen) atoms. The van der Waals surface area contributed by atoms with Gasteiger partial charge in [-0.15, -0.1) is 0 Å². The molecule has 1 aromatic heterocycles. The maximum Gasteiger partial charge on any atom is 0.124 e. The van der Waals surface area contributed by atoms with E-state index >= 15 is 0 Å². The number of methoxy groups -OCH3 is 1. The van der Waals surface area contributed by atoms with E-state index in [0.717, 1.165) is 22.7 Å². The van der Waals surface area contributed by atoms with Gasteiger partial charge >= 0.3 is 0 Å². The van der Waals surface area contributed by atoms with Crippen molar-refractivity contribution in [3.05, 3.63) is 40.2 Å². The first kappa shape index (κ1) is 12.9. The Bertz CT molecular complexity index is 528. The molecule has 0 saturated carbocycles. The molecule has 0 aliphatic carbocycles. The third kappa shape index (κ3) is 2.80. The third-order valence-electron chi connectivity index (χ3n) is 2.64. The van der Waals surface area contributed by atoms with Crippen molar-refractivity contribution < 1.29 is 9.37 Å². The molecule has 1 heterocycles. The molecule has 0 atom stereocenters. The van der Waals surface area contributed by atoms with Crippen LogP contribution in [0.5, 0.6) is 5.75 Å². The predicted octanol–water partition coefficient (Wildman–Crippen LogP) is 2.33. The topological polar surface area (TPSA) is 60.2 Å². The minimum absolute atomic E-state index is 0.573. The van der Waals surface area contributed by atoms with Crippen LogP contribution in [0.4, 0.5) is 0 Å². The Kier molecular flexibility index (Phi) is 4.17. The molecular formula is C12H14ClN3O2. The normalized spacial score (nSPS) is 10.6. The Morgan fingerprint density at radius 1 is 1.33 bits per heavy atom. The van der Waals surface area contributed by atoms with E-state index in [9.17, 15) is 0 Å². The summed E-state index contributed by atoms with van der Waals surface area (Å²) in [6.07, 6.45) is 0. The predicted molar refractivity (Wildman–Crippen MR) is 67.6 cm³/mol. The summed E-state index contributed by atoms with van der Waals surface area (Å²) in [7, 11) is 1.63. The van der Waals surface area contributed by atoms with Gasteiger partial charge < -0.3 is 10.1 Å². The maximum atomic E-state index is 6.13. The van der Waals surface area contributed by atoms with Crippen molar-refractivity contribution in [3.8, 4) is 5.75 Å². The van der Waals surface area contributed by atoms with Gasteiger partial charge in [0.25, 0.3) is 0 Å². The molecule has 0 unspecified atom stereocenters. The van der Waals surface area contributed by atoms with Gasteiger partial charge in [-0.25, -0.2) is 4.63 Å². The summed E-state index contributed by atoms with van der Waals surface area (Å²) in [4.78, 5) is 0. The number of hydrogen-bond donors (Lipinski definition) is 1. The molecular weight excluding hydrogens is 254 g/mol. The molecule has 1 aromatic carbocycles. The average Bonchev–Trinajstić information content (AvgIpc) is 2.77. The first-order valence-electron chi connectivity index (χ1n) is 5.52. The number of aromatic nitrogens is 2. The fourth-order valence-electron chi connectivity index (χ4n) is 1.62. The number of nitrogens with one attached hydrogen (secondary N) is 1. The largest absolute Gasteiger partial charge is 0.496 e. The zero-order valence-corrected chi connectivity index (χ0v) is 11.0. The van der Waals surface area contributed by atoms with E-state index in [1.165, 1.54) is 0 Å². The van der Waals surface area contributed by atoms with Crippen LogP contribution in [0, 0.1) is 6.92 Å². The van der Waals surface area contributed by atoms with Gasteiger partial charge in [0.1, 0.15) is 17.1 Å². The lowest BCUT2D eigenvalue weighted by Crippen LogP contribution is -2.14. The summed E-state index contributed by atoms with van der Waals surface area (Å²) < 4.78 is 9.89. The molecule has 0 saturated heterocycles.